The van der Waals surface area contributed by atoms with Gasteiger partial charge in [-0.2, -0.15) is 0 Å². The minimum atomic E-state index is -0.873. The van der Waals surface area contributed by atoms with Crippen molar-refractivity contribution >= 4 is 17.4 Å². The van der Waals surface area contributed by atoms with Crippen LogP contribution in [0.3, 0.4) is 0 Å². The molecule has 0 aliphatic heterocycles. The number of aromatic nitrogens is 1. The van der Waals surface area contributed by atoms with Gasteiger partial charge in [0.2, 0.25) is 0 Å². The highest BCUT2D eigenvalue weighted by Gasteiger charge is 2.37. The first kappa shape index (κ1) is 18.1. The molecule has 0 atom stereocenters. The van der Waals surface area contributed by atoms with Gasteiger partial charge in [0.25, 0.3) is 0 Å². The third kappa shape index (κ3) is 3.47. The van der Waals surface area contributed by atoms with Gasteiger partial charge in [0.05, 0.1) is 0 Å². The number of nitrogens with zero attached hydrogens (tertiary/aromatic N) is 1. The topological polar surface area (TPSA) is 24.9 Å². The molecule has 1 N–H and O–H groups in total. The molecule has 3 aromatic carbocycles. The van der Waals surface area contributed by atoms with Crippen LogP contribution in [0.25, 0.3) is 6.08 Å². The number of nitrogens with one attached hydrogen (secondary N) is 1. The minimum Gasteiger partial charge on any atom is -0.374 e. The van der Waals surface area contributed by atoms with Gasteiger partial charge in [0.15, 0.2) is 0 Å². The summed E-state index contributed by atoms with van der Waals surface area (Å²) in [5.74, 6) is -0.259. The Morgan fingerprint density at radius 2 is 1.43 bits per heavy atom. The van der Waals surface area contributed by atoms with Gasteiger partial charge in [-0.1, -0.05) is 78.9 Å². The summed E-state index contributed by atoms with van der Waals surface area (Å²) in [5.41, 5.74) is 1.60. The summed E-state index contributed by atoms with van der Waals surface area (Å²) in [4.78, 5) is 4.29. The van der Waals surface area contributed by atoms with E-state index in [-0.39, 0.29) is 5.82 Å². The lowest BCUT2D eigenvalue weighted by Crippen LogP contribution is -2.42. The van der Waals surface area contributed by atoms with Crippen molar-refractivity contribution in [2.24, 2.45) is 0 Å². The molecule has 4 aromatic rings. The van der Waals surface area contributed by atoms with E-state index in [2.05, 4.69) is 10.3 Å². The number of thiazole rings is 1. The molecular formula is C24H19FN2S. The van der Waals surface area contributed by atoms with Crippen molar-refractivity contribution in [1.82, 2.24) is 10.3 Å². The van der Waals surface area contributed by atoms with Crippen LogP contribution >= 0.6 is 11.3 Å². The average Bonchev–Trinajstić information content (AvgIpc) is 3.27. The number of halogens is 1. The molecular weight excluding hydrogens is 367 g/mol. The smallest absolute Gasteiger partial charge is 0.129 e. The predicted octanol–water partition coefficient (Wildman–Crippen LogP) is 5.83. The van der Waals surface area contributed by atoms with Crippen LogP contribution in [0.4, 0.5) is 4.39 Å². The Balaban J connectivity index is 1.93. The van der Waals surface area contributed by atoms with E-state index in [0.717, 1.165) is 16.1 Å². The zero-order chi connectivity index (χ0) is 19.2. The number of hydrogen-bond donors (Lipinski definition) is 1. The molecule has 2 nitrogen and oxygen atoms in total. The first-order valence-corrected chi connectivity index (χ1v) is 9.88. The first-order chi connectivity index (χ1) is 13.8. The monoisotopic (exact) mass is 386 g/mol. The summed E-state index contributed by atoms with van der Waals surface area (Å²) in [6.07, 6.45) is 5.53. The SMILES string of the molecule is Fc1ccccc1C(N/C=C/c1nccs1)(c1ccccc1)c1ccccc1. The number of benzene rings is 3. The van der Waals surface area contributed by atoms with Crippen molar-refractivity contribution < 1.29 is 4.39 Å². The van der Waals surface area contributed by atoms with Crippen LogP contribution < -0.4 is 5.32 Å². The van der Waals surface area contributed by atoms with Gasteiger partial charge in [0, 0.05) is 23.3 Å². The Labute approximate surface area is 168 Å². The van der Waals surface area contributed by atoms with Gasteiger partial charge in [-0.05, 0) is 23.3 Å². The Hall–Kier alpha value is -3.24. The maximum atomic E-state index is 15.1. The largest absolute Gasteiger partial charge is 0.374 e. The highest BCUT2D eigenvalue weighted by atomic mass is 32.1. The van der Waals surface area contributed by atoms with Crippen LogP contribution in [-0.4, -0.2) is 4.98 Å². The molecule has 0 aliphatic carbocycles. The van der Waals surface area contributed by atoms with Crippen molar-refractivity contribution in [3.8, 4) is 0 Å². The quantitative estimate of drug-likeness (QED) is 0.422. The van der Waals surface area contributed by atoms with Gasteiger partial charge >= 0.3 is 0 Å². The van der Waals surface area contributed by atoms with Gasteiger partial charge in [-0.15, -0.1) is 11.3 Å². The molecule has 0 radical (unpaired) electrons. The van der Waals surface area contributed by atoms with E-state index in [1.54, 1.807) is 23.6 Å². The zero-order valence-electron chi connectivity index (χ0n) is 15.1. The van der Waals surface area contributed by atoms with Crippen LogP contribution in [0.5, 0.6) is 0 Å². The van der Waals surface area contributed by atoms with E-state index >= 15 is 4.39 Å². The Morgan fingerprint density at radius 3 is 2.00 bits per heavy atom. The summed E-state index contributed by atoms with van der Waals surface area (Å²) >= 11 is 1.55. The average molecular weight is 386 g/mol. The van der Waals surface area contributed by atoms with Crippen LogP contribution in [-0.2, 0) is 5.54 Å². The molecule has 0 amide bonds. The summed E-state index contributed by atoms with van der Waals surface area (Å²) in [7, 11) is 0. The lowest BCUT2D eigenvalue weighted by molar-refractivity contribution is 0.503. The summed E-state index contributed by atoms with van der Waals surface area (Å²) in [6, 6.07) is 26.8. The van der Waals surface area contributed by atoms with Crippen molar-refractivity contribution in [3.63, 3.8) is 0 Å². The van der Waals surface area contributed by atoms with Crippen LogP contribution in [0, 0.1) is 5.82 Å². The van der Waals surface area contributed by atoms with Gasteiger partial charge in [-0.3, -0.25) is 0 Å². The molecule has 0 aliphatic rings. The Kier molecular flexibility index (Phi) is 5.31. The maximum absolute atomic E-state index is 15.1. The second kappa shape index (κ2) is 8.19. The first-order valence-electron chi connectivity index (χ1n) is 9.00. The molecule has 1 heterocycles. The fourth-order valence-corrected chi connectivity index (χ4v) is 3.95. The maximum Gasteiger partial charge on any atom is 0.129 e. The van der Waals surface area contributed by atoms with E-state index in [1.807, 2.05) is 90.5 Å². The standard InChI is InChI=1S/C24H19FN2S/c25-22-14-8-7-13-21(22)24(19-9-3-1-4-10-19,20-11-5-2-6-12-20)27-16-15-23-26-17-18-28-23/h1-18,27H/b16-15+. The van der Waals surface area contributed by atoms with E-state index in [1.165, 1.54) is 6.07 Å². The molecule has 0 unspecified atom stereocenters. The van der Waals surface area contributed by atoms with Crippen molar-refractivity contribution in [2.75, 3.05) is 0 Å². The normalized spacial score (nSPS) is 11.6. The number of rotatable bonds is 6. The fraction of sp³-hybridized carbons (Fsp3) is 0.0417. The number of hydrogen-bond acceptors (Lipinski definition) is 3. The molecule has 0 fully saturated rings. The predicted molar refractivity (Wildman–Crippen MR) is 113 cm³/mol. The van der Waals surface area contributed by atoms with E-state index in [9.17, 15) is 0 Å². The van der Waals surface area contributed by atoms with Crippen LogP contribution in [0.1, 0.15) is 21.7 Å². The van der Waals surface area contributed by atoms with Crippen molar-refractivity contribution in [2.45, 2.75) is 5.54 Å². The molecule has 4 rings (SSSR count). The Morgan fingerprint density at radius 1 is 0.821 bits per heavy atom. The molecule has 28 heavy (non-hydrogen) atoms. The zero-order valence-corrected chi connectivity index (χ0v) is 15.9. The fourth-order valence-electron chi connectivity index (χ4n) is 3.42. The summed E-state index contributed by atoms with van der Waals surface area (Å²) < 4.78 is 15.1. The van der Waals surface area contributed by atoms with Crippen LogP contribution in [0.2, 0.25) is 0 Å². The molecule has 1 aromatic heterocycles. The second-order valence-electron chi connectivity index (χ2n) is 6.31. The molecule has 138 valence electrons. The van der Waals surface area contributed by atoms with Crippen molar-refractivity contribution in [1.29, 1.82) is 0 Å². The van der Waals surface area contributed by atoms with E-state index in [4.69, 9.17) is 0 Å². The van der Waals surface area contributed by atoms with Crippen molar-refractivity contribution in [3.05, 3.63) is 130 Å². The lowest BCUT2D eigenvalue weighted by Gasteiger charge is -2.36. The summed E-state index contributed by atoms with van der Waals surface area (Å²) in [5, 5.41) is 6.32. The van der Waals surface area contributed by atoms with E-state index in [0.29, 0.717) is 5.56 Å². The molecule has 0 saturated heterocycles. The Bertz CT molecular complexity index is 1000. The molecule has 0 spiro atoms. The highest BCUT2D eigenvalue weighted by Crippen LogP contribution is 2.38. The summed E-state index contributed by atoms with van der Waals surface area (Å²) in [6.45, 7) is 0. The van der Waals surface area contributed by atoms with Gasteiger partial charge in [0.1, 0.15) is 16.4 Å². The minimum absolute atomic E-state index is 0.259. The molecule has 0 bridgehead atoms. The molecule has 0 saturated carbocycles. The highest BCUT2D eigenvalue weighted by molar-refractivity contribution is 7.10. The second-order valence-corrected chi connectivity index (χ2v) is 7.24. The van der Waals surface area contributed by atoms with Crippen LogP contribution in [0.15, 0.2) is 103 Å². The molecule has 4 heteroatoms. The van der Waals surface area contributed by atoms with Gasteiger partial charge in [-0.25, -0.2) is 9.37 Å². The van der Waals surface area contributed by atoms with Gasteiger partial charge < -0.3 is 5.32 Å². The van der Waals surface area contributed by atoms with E-state index < -0.39 is 5.54 Å². The lowest BCUT2D eigenvalue weighted by atomic mass is 9.77. The third-order valence-electron chi connectivity index (χ3n) is 4.67. The third-order valence-corrected chi connectivity index (χ3v) is 5.41.